The highest BCUT2D eigenvalue weighted by Gasteiger charge is 2.35. The molecule has 100 valence electrons. The molecule has 0 aliphatic carbocycles. The van der Waals surface area contributed by atoms with Crippen LogP contribution in [0.1, 0.15) is 11.1 Å². The van der Waals surface area contributed by atoms with Crippen molar-refractivity contribution in [3.63, 3.8) is 0 Å². The second-order valence-electron chi connectivity index (χ2n) is 4.60. The van der Waals surface area contributed by atoms with Crippen LogP contribution in [0.2, 0.25) is 0 Å². The van der Waals surface area contributed by atoms with Crippen molar-refractivity contribution in [3.05, 3.63) is 29.3 Å². The normalized spacial score (nSPS) is 22.2. The third-order valence-corrected chi connectivity index (χ3v) is 3.52. The van der Waals surface area contributed by atoms with Crippen LogP contribution in [0.15, 0.2) is 18.2 Å². The SMILES string of the molecule is Cl.FC(F)(F)c1ccc2c(c1)CC1CNCCN21. The van der Waals surface area contributed by atoms with E-state index in [9.17, 15) is 13.2 Å². The fraction of sp³-hybridized carbons (Fsp3) is 0.500. The second-order valence-corrected chi connectivity index (χ2v) is 4.60. The van der Waals surface area contributed by atoms with E-state index in [1.165, 1.54) is 12.1 Å². The first kappa shape index (κ1) is 13.5. The molecule has 0 saturated carbocycles. The van der Waals surface area contributed by atoms with Gasteiger partial charge < -0.3 is 10.2 Å². The molecular weight excluding hydrogens is 265 g/mol. The number of rotatable bonds is 0. The van der Waals surface area contributed by atoms with Gasteiger partial charge >= 0.3 is 6.18 Å². The Kier molecular flexibility index (Phi) is 3.47. The molecular formula is C12H14ClF3N2. The first-order valence-electron chi connectivity index (χ1n) is 5.73. The molecule has 1 atom stereocenters. The summed E-state index contributed by atoms with van der Waals surface area (Å²) < 4.78 is 37.8. The highest BCUT2D eigenvalue weighted by Crippen LogP contribution is 2.37. The van der Waals surface area contributed by atoms with Crippen molar-refractivity contribution < 1.29 is 13.2 Å². The number of alkyl halides is 3. The lowest BCUT2D eigenvalue weighted by atomic mass is 10.1. The Hall–Kier alpha value is -0.940. The lowest BCUT2D eigenvalue weighted by molar-refractivity contribution is -0.137. The van der Waals surface area contributed by atoms with Crippen LogP contribution < -0.4 is 10.2 Å². The van der Waals surface area contributed by atoms with E-state index in [0.717, 1.165) is 30.9 Å². The number of hydrogen-bond donors (Lipinski definition) is 1. The van der Waals surface area contributed by atoms with E-state index in [-0.39, 0.29) is 12.4 Å². The van der Waals surface area contributed by atoms with Crippen molar-refractivity contribution in [2.45, 2.75) is 18.6 Å². The summed E-state index contributed by atoms with van der Waals surface area (Å²) in [4.78, 5) is 2.21. The first-order chi connectivity index (χ1) is 8.05. The number of hydrogen-bond acceptors (Lipinski definition) is 2. The van der Waals surface area contributed by atoms with Crippen LogP contribution in [0.4, 0.5) is 18.9 Å². The lowest BCUT2D eigenvalue weighted by Crippen LogP contribution is -2.49. The van der Waals surface area contributed by atoms with Gasteiger partial charge in [-0.2, -0.15) is 13.2 Å². The van der Waals surface area contributed by atoms with Crippen LogP contribution in [-0.2, 0) is 12.6 Å². The van der Waals surface area contributed by atoms with Crippen LogP contribution in [0.3, 0.4) is 0 Å². The number of nitrogens with one attached hydrogen (secondary N) is 1. The summed E-state index contributed by atoms with van der Waals surface area (Å²) in [5, 5.41) is 3.27. The van der Waals surface area contributed by atoms with Crippen molar-refractivity contribution in [2.24, 2.45) is 0 Å². The molecule has 0 bridgehead atoms. The van der Waals surface area contributed by atoms with Gasteiger partial charge in [-0.3, -0.25) is 0 Å². The van der Waals surface area contributed by atoms with Crippen LogP contribution >= 0.6 is 12.4 Å². The molecule has 2 heterocycles. The molecule has 6 heteroatoms. The molecule has 1 N–H and O–H groups in total. The van der Waals surface area contributed by atoms with Gasteiger partial charge in [-0.1, -0.05) is 0 Å². The van der Waals surface area contributed by atoms with Crippen molar-refractivity contribution in [1.82, 2.24) is 5.32 Å². The van der Waals surface area contributed by atoms with E-state index in [4.69, 9.17) is 0 Å². The monoisotopic (exact) mass is 278 g/mol. The number of halogens is 4. The second kappa shape index (κ2) is 4.63. The number of fused-ring (bicyclic) bond motifs is 3. The molecule has 2 aliphatic heterocycles. The molecule has 1 unspecified atom stereocenters. The molecule has 0 amide bonds. The minimum atomic E-state index is -4.24. The Morgan fingerprint density at radius 2 is 2.06 bits per heavy atom. The van der Waals surface area contributed by atoms with Crippen molar-refractivity contribution in [1.29, 1.82) is 0 Å². The zero-order chi connectivity index (χ0) is 12.0. The van der Waals surface area contributed by atoms with Crippen molar-refractivity contribution in [2.75, 3.05) is 24.5 Å². The lowest BCUT2D eigenvalue weighted by Gasteiger charge is -2.32. The van der Waals surface area contributed by atoms with Gasteiger partial charge in [-0.15, -0.1) is 12.4 Å². The summed E-state index contributed by atoms with van der Waals surface area (Å²) >= 11 is 0. The maximum absolute atomic E-state index is 12.6. The predicted octanol–water partition coefficient (Wildman–Crippen LogP) is 2.46. The molecule has 3 rings (SSSR count). The van der Waals surface area contributed by atoms with E-state index in [1.807, 2.05) is 0 Å². The average molecular weight is 279 g/mol. The summed E-state index contributed by atoms with van der Waals surface area (Å²) in [5.74, 6) is 0. The van der Waals surface area contributed by atoms with Gasteiger partial charge in [-0.05, 0) is 30.2 Å². The maximum atomic E-state index is 12.6. The van der Waals surface area contributed by atoms with Gasteiger partial charge in [0.05, 0.1) is 5.56 Å². The quantitative estimate of drug-likeness (QED) is 0.784. The van der Waals surface area contributed by atoms with Gasteiger partial charge in [0.1, 0.15) is 0 Å². The van der Waals surface area contributed by atoms with Gasteiger partial charge in [0.2, 0.25) is 0 Å². The van der Waals surface area contributed by atoms with E-state index in [2.05, 4.69) is 10.2 Å². The van der Waals surface area contributed by atoms with E-state index >= 15 is 0 Å². The molecule has 0 radical (unpaired) electrons. The summed E-state index contributed by atoms with van der Waals surface area (Å²) in [7, 11) is 0. The molecule has 0 aromatic heterocycles. The van der Waals surface area contributed by atoms with E-state index in [0.29, 0.717) is 12.5 Å². The molecule has 1 aromatic carbocycles. The fourth-order valence-electron chi connectivity index (χ4n) is 2.72. The van der Waals surface area contributed by atoms with Crippen LogP contribution in [0.5, 0.6) is 0 Å². The molecule has 0 spiro atoms. The molecule has 1 fully saturated rings. The van der Waals surface area contributed by atoms with Gasteiger partial charge in [0.25, 0.3) is 0 Å². The summed E-state index contributed by atoms with van der Waals surface area (Å²) in [6, 6.07) is 4.42. The van der Waals surface area contributed by atoms with Crippen LogP contribution in [-0.4, -0.2) is 25.7 Å². The molecule has 1 aromatic rings. The summed E-state index contributed by atoms with van der Waals surface area (Å²) in [6.45, 7) is 2.63. The van der Waals surface area contributed by atoms with E-state index < -0.39 is 11.7 Å². The Morgan fingerprint density at radius 3 is 2.78 bits per heavy atom. The largest absolute Gasteiger partial charge is 0.416 e. The maximum Gasteiger partial charge on any atom is 0.416 e. The number of piperazine rings is 1. The minimum Gasteiger partial charge on any atom is -0.365 e. The van der Waals surface area contributed by atoms with Gasteiger partial charge in [-0.25, -0.2) is 0 Å². The molecule has 1 saturated heterocycles. The van der Waals surface area contributed by atoms with E-state index in [1.54, 1.807) is 6.07 Å². The van der Waals surface area contributed by atoms with Crippen molar-refractivity contribution in [3.8, 4) is 0 Å². The van der Waals surface area contributed by atoms with Crippen LogP contribution in [0.25, 0.3) is 0 Å². The highest BCUT2D eigenvalue weighted by molar-refractivity contribution is 5.85. The number of benzene rings is 1. The standard InChI is InChI=1S/C12H13F3N2.ClH/c13-12(14,15)9-1-2-11-8(5-9)6-10-7-16-3-4-17(10)11;/h1-2,5,10,16H,3-4,6-7H2;1H. The van der Waals surface area contributed by atoms with Crippen LogP contribution in [0, 0.1) is 0 Å². The summed E-state index contributed by atoms with van der Waals surface area (Å²) in [6.07, 6.45) is -3.53. The molecule has 18 heavy (non-hydrogen) atoms. The first-order valence-corrected chi connectivity index (χ1v) is 5.73. The molecule has 2 aliphatic rings. The average Bonchev–Trinajstić information content (AvgIpc) is 2.65. The Bertz CT molecular complexity index is 447. The number of anilines is 1. The topological polar surface area (TPSA) is 15.3 Å². The summed E-state index contributed by atoms with van der Waals surface area (Å²) in [5.41, 5.74) is 1.27. The predicted molar refractivity (Wildman–Crippen MR) is 66.4 cm³/mol. The Labute approximate surface area is 110 Å². The smallest absolute Gasteiger partial charge is 0.365 e. The van der Waals surface area contributed by atoms with Crippen molar-refractivity contribution >= 4 is 18.1 Å². The third kappa shape index (κ3) is 2.17. The van der Waals surface area contributed by atoms with Gasteiger partial charge in [0.15, 0.2) is 0 Å². The zero-order valence-corrected chi connectivity index (χ0v) is 10.4. The minimum absolute atomic E-state index is 0. The zero-order valence-electron chi connectivity index (χ0n) is 9.63. The number of nitrogens with zero attached hydrogens (tertiary/aromatic N) is 1. The Morgan fingerprint density at radius 1 is 1.28 bits per heavy atom. The third-order valence-electron chi connectivity index (χ3n) is 3.52. The Balaban J connectivity index is 0.00000120. The van der Waals surface area contributed by atoms with Gasteiger partial charge in [0, 0.05) is 31.4 Å². The fourth-order valence-corrected chi connectivity index (χ4v) is 2.72. The highest BCUT2D eigenvalue weighted by atomic mass is 35.5. The molecule has 2 nitrogen and oxygen atoms in total.